The fourth-order valence-corrected chi connectivity index (χ4v) is 5.50. The summed E-state index contributed by atoms with van der Waals surface area (Å²) in [6.45, 7) is 0.0825. The molecule has 2 aromatic carbocycles. The second-order valence-corrected chi connectivity index (χ2v) is 10.1. The van der Waals surface area contributed by atoms with E-state index in [1.165, 1.54) is 6.07 Å². The Kier molecular flexibility index (Phi) is 7.18. The number of nitrogens with two attached hydrogens (primary N) is 1. The summed E-state index contributed by atoms with van der Waals surface area (Å²) in [6, 6.07) is 15.0. The van der Waals surface area contributed by atoms with Gasteiger partial charge in [0.15, 0.2) is 16.9 Å². The minimum Gasteiger partial charge on any atom is -0.481 e. The molecule has 2 aromatic rings. The van der Waals surface area contributed by atoms with Crippen molar-refractivity contribution in [3.63, 3.8) is 0 Å². The smallest absolute Gasteiger partial charge is 0.303 e. The van der Waals surface area contributed by atoms with Gasteiger partial charge in [0.1, 0.15) is 5.58 Å². The summed E-state index contributed by atoms with van der Waals surface area (Å²) in [6.07, 6.45) is 2.18. The molecule has 1 aliphatic heterocycles. The first kappa shape index (κ1) is 25.1. The molecule has 0 spiro atoms. The Balaban J connectivity index is 1.85. The number of nitrogens with one attached hydrogen (secondary N) is 2. The highest BCUT2D eigenvalue weighted by Gasteiger charge is 2.28. The number of carboxylic acid groups (broad SMARTS) is 1. The van der Waals surface area contributed by atoms with E-state index >= 15 is 0 Å². The van der Waals surface area contributed by atoms with Gasteiger partial charge in [-0.15, -0.1) is 0 Å². The maximum atomic E-state index is 13.3. The lowest BCUT2D eigenvalue weighted by Crippen LogP contribution is -2.30. The molecule has 0 radical (unpaired) electrons. The number of carbonyl (C=O) groups excluding carboxylic acids is 1. The highest BCUT2D eigenvalue weighted by atomic mass is 32.2. The van der Waals surface area contributed by atoms with Crippen molar-refractivity contribution in [2.75, 3.05) is 12.3 Å². The molecule has 9 nitrogen and oxygen atoms in total. The number of sulfonamides is 1. The number of nitrogen functional groups attached to an aromatic ring is 1. The monoisotopic (exact) mass is 507 g/mol. The number of benzene rings is 3. The third kappa shape index (κ3) is 5.00. The van der Waals surface area contributed by atoms with Crippen LogP contribution in [0.25, 0.3) is 33.4 Å². The third-order valence-corrected chi connectivity index (χ3v) is 7.38. The van der Waals surface area contributed by atoms with Crippen LogP contribution in [0.2, 0.25) is 0 Å². The molecule has 0 bridgehead atoms. The fourth-order valence-electron chi connectivity index (χ4n) is 4.19. The Labute approximate surface area is 207 Å². The number of hydrogen-bond donors (Lipinski definition) is 4. The van der Waals surface area contributed by atoms with Crippen molar-refractivity contribution >= 4 is 38.9 Å². The Hall–Kier alpha value is -4.02. The summed E-state index contributed by atoms with van der Waals surface area (Å²) < 4.78 is 35.2. The first-order valence-corrected chi connectivity index (χ1v) is 12.8. The number of aliphatic carboxylic acids is 1. The predicted molar refractivity (Wildman–Crippen MR) is 135 cm³/mol. The van der Waals surface area contributed by atoms with Crippen LogP contribution in [-0.2, 0) is 14.8 Å². The molecule has 1 aliphatic carbocycles. The van der Waals surface area contributed by atoms with E-state index in [9.17, 15) is 18.0 Å². The maximum absolute atomic E-state index is 13.3. The van der Waals surface area contributed by atoms with Gasteiger partial charge < -0.3 is 15.3 Å². The van der Waals surface area contributed by atoms with Crippen LogP contribution in [0.5, 0.6) is 0 Å². The standard InChI is InChI=1S/C26H25N3O6S/c27-17-9-10-19-22(14-17)35-25-20(24(19)18-7-4-3-6-16(18)15-30)11-12-21(28)26(25)36(33,34)29-13-5-1-2-8-23(31)32/h3-4,6-7,9-12,14-15,28-29H,1-2,5,8,13,27H2,(H,31,32). The van der Waals surface area contributed by atoms with Gasteiger partial charge in [-0.05, 0) is 42.7 Å². The average Bonchev–Trinajstić information content (AvgIpc) is 2.84. The summed E-state index contributed by atoms with van der Waals surface area (Å²) in [5.74, 6) is -0.915. The number of aldehydes is 1. The lowest BCUT2D eigenvalue weighted by Gasteiger charge is -2.19. The molecule has 5 N–H and O–H groups in total. The number of fused-ring (bicyclic) bond motifs is 2. The van der Waals surface area contributed by atoms with Crippen molar-refractivity contribution in [1.82, 2.24) is 4.72 Å². The number of carbonyl (C=O) groups is 2. The van der Waals surface area contributed by atoms with Gasteiger partial charge in [-0.1, -0.05) is 30.7 Å². The van der Waals surface area contributed by atoms with Crippen LogP contribution in [0.15, 0.2) is 63.9 Å². The first-order chi connectivity index (χ1) is 17.2. The molecule has 2 aliphatic rings. The molecule has 36 heavy (non-hydrogen) atoms. The van der Waals surface area contributed by atoms with E-state index in [1.807, 2.05) is 0 Å². The van der Waals surface area contributed by atoms with E-state index in [1.54, 1.807) is 48.5 Å². The molecule has 4 rings (SSSR count). The zero-order valence-electron chi connectivity index (χ0n) is 19.3. The van der Waals surface area contributed by atoms with Crippen LogP contribution >= 0.6 is 0 Å². The van der Waals surface area contributed by atoms with E-state index < -0.39 is 16.0 Å². The zero-order chi connectivity index (χ0) is 25.9. The molecule has 0 unspecified atom stereocenters. The molecule has 0 saturated heterocycles. The minimum absolute atomic E-state index is 0.0188. The topological polar surface area (TPSA) is 164 Å². The van der Waals surface area contributed by atoms with Crippen LogP contribution < -0.4 is 15.8 Å². The lowest BCUT2D eigenvalue weighted by atomic mass is 9.91. The van der Waals surface area contributed by atoms with Crippen molar-refractivity contribution < 1.29 is 27.5 Å². The molecular formula is C26H25N3O6S. The molecule has 0 saturated carbocycles. The molecule has 0 atom stereocenters. The van der Waals surface area contributed by atoms with Crippen molar-refractivity contribution in [2.45, 2.75) is 30.6 Å². The van der Waals surface area contributed by atoms with Crippen LogP contribution in [0, 0.1) is 5.41 Å². The number of rotatable bonds is 10. The van der Waals surface area contributed by atoms with Gasteiger partial charge in [0.25, 0.3) is 0 Å². The Bertz CT molecular complexity index is 1590. The highest BCUT2D eigenvalue weighted by molar-refractivity contribution is 7.89. The van der Waals surface area contributed by atoms with Crippen LogP contribution in [0.1, 0.15) is 36.0 Å². The van der Waals surface area contributed by atoms with Gasteiger partial charge in [-0.2, -0.15) is 0 Å². The first-order valence-electron chi connectivity index (χ1n) is 11.3. The minimum atomic E-state index is -4.16. The number of hydrogen-bond acceptors (Lipinski definition) is 7. The van der Waals surface area contributed by atoms with E-state index in [4.69, 9.17) is 20.7 Å². The Morgan fingerprint density at radius 3 is 2.58 bits per heavy atom. The third-order valence-electron chi connectivity index (χ3n) is 5.85. The zero-order valence-corrected chi connectivity index (χ0v) is 20.1. The number of anilines is 1. The van der Waals surface area contributed by atoms with Crippen molar-refractivity contribution in [3.8, 4) is 22.5 Å². The summed E-state index contributed by atoms with van der Waals surface area (Å²) in [5, 5.41) is 17.5. The molecule has 10 heteroatoms. The molecule has 0 amide bonds. The van der Waals surface area contributed by atoms with E-state index in [0.29, 0.717) is 58.2 Å². The Morgan fingerprint density at radius 2 is 1.83 bits per heavy atom. The van der Waals surface area contributed by atoms with Gasteiger partial charge in [0.2, 0.25) is 10.0 Å². The number of carboxylic acids is 1. The predicted octanol–water partition coefficient (Wildman–Crippen LogP) is 4.00. The summed E-state index contributed by atoms with van der Waals surface area (Å²) in [7, 11) is -4.16. The van der Waals surface area contributed by atoms with Gasteiger partial charge >= 0.3 is 5.97 Å². The molecular weight excluding hydrogens is 482 g/mol. The quantitative estimate of drug-likeness (QED) is 0.109. The molecule has 0 aromatic heterocycles. The molecule has 186 valence electrons. The largest absolute Gasteiger partial charge is 0.481 e. The maximum Gasteiger partial charge on any atom is 0.303 e. The fraction of sp³-hybridized carbons (Fsp3) is 0.192. The van der Waals surface area contributed by atoms with Gasteiger partial charge in [-0.3, -0.25) is 15.0 Å². The highest BCUT2D eigenvalue weighted by Crippen LogP contribution is 2.43. The molecule has 1 heterocycles. The second-order valence-electron chi connectivity index (χ2n) is 8.36. The Morgan fingerprint density at radius 1 is 1.06 bits per heavy atom. The van der Waals surface area contributed by atoms with Crippen molar-refractivity contribution in [3.05, 3.63) is 65.5 Å². The van der Waals surface area contributed by atoms with Crippen LogP contribution in [-0.4, -0.2) is 32.3 Å². The van der Waals surface area contributed by atoms with Gasteiger partial charge in [-0.25, -0.2) is 13.1 Å². The summed E-state index contributed by atoms with van der Waals surface area (Å²) >= 11 is 0. The average molecular weight is 508 g/mol. The van der Waals surface area contributed by atoms with E-state index in [-0.39, 0.29) is 29.0 Å². The second kappa shape index (κ2) is 10.3. The van der Waals surface area contributed by atoms with E-state index in [0.717, 1.165) is 6.29 Å². The van der Waals surface area contributed by atoms with Crippen LogP contribution in [0.4, 0.5) is 5.69 Å². The van der Waals surface area contributed by atoms with Crippen molar-refractivity contribution in [2.24, 2.45) is 0 Å². The van der Waals surface area contributed by atoms with Crippen molar-refractivity contribution in [1.29, 1.82) is 5.41 Å². The normalized spacial score (nSPS) is 11.7. The summed E-state index contributed by atoms with van der Waals surface area (Å²) in [5.41, 5.74) is 8.73. The lowest BCUT2D eigenvalue weighted by molar-refractivity contribution is -0.137. The van der Waals surface area contributed by atoms with Crippen LogP contribution in [0.3, 0.4) is 0 Å². The number of unbranched alkanes of at least 4 members (excludes halogenated alkanes) is 2. The van der Waals surface area contributed by atoms with E-state index in [2.05, 4.69) is 4.72 Å². The summed E-state index contributed by atoms with van der Waals surface area (Å²) in [4.78, 5) is 22.2. The van der Waals surface area contributed by atoms with Gasteiger partial charge in [0.05, 0.1) is 5.36 Å². The molecule has 0 fully saturated rings. The van der Waals surface area contributed by atoms with Gasteiger partial charge in [0, 0.05) is 46.8 Å². The SMILES string of the molecule is N=c1ccc2c(-c3ccccc3C=O)c3ccc(N)cc3oc-2c1S(=O)(=O)NCCCCCC(=O)O.